The van der Waals surface area contributed by atoms with Gasteiger partial charge in [0.05, 0.1) is 6.04 Å². The van der Waals surface area contributed by atoms with Crippen LogP contribution in [0.4, 0.5) is 5.13 Å². The van der Waals surface area contributed by atoms with Gasteiger partial charge in [0, 0.05) is 24.0 Å². The Morgan fingerprint density at radius 2 is 1.90 bits per heavy atom. The van der Waals surface area contributed by atoms with E-state index < -0.39 is 0 Å². The van der Waals surface area contributed by atoms with Crippen molar-refractivity contribution in [3.05, 3.63) is 41.2 Å². The standard InChI is InChI=1S/C17H21N3S/c1-12-5-7-13(8-6-12)15-4-2-3-11-20(15)17-18-16(19-21-17)14-9-10-14/h5-8,14-15H,2-4,9-11H2,1H3. The Hall–Kier alpha value is -1.42. The Morgan fingerprint density at radius 3 is 2.67 bits per heavy atom. The number of aryl methyl sites for hydroxylation is 1. The molecule has 0 bridgehead atoms. The molecular formula is C17H21N3S. The van der Waals surface area contributed by atoms with Crippen molar-refractivity contribution < 1.29 is 0 Å². The van der Waals surface area contributed by atoms with Gasteiger partial charge in [-0.2, -0.15) is 4.37 Å². The van der Waals surface area contributed by atoms with Crippen LogP contribution in [0.5, 0.6) is 0 Å². The Labute approximate surface area is 130 Å². The number of aromatic nitrogens is 2. The van der Waals surface area contributed by atoms with Crippen LogP contribution >= 0.6 is 11.5 Å². The molecule has 1 saturated carbocycles. The average Bonchev–Trinajstić information content (AvgIpc) is 3.26. The Bertz CT molecular complexity index is 615. The SMILES string of the molecule is Cc1ccc(C2CCCCN2c2nc(C3CC3)ns2)cc1. The monoisotopic (exact) mass is 299 g/mol. The van der Waals surface area contributed by atoms with Gasteiger partial charge in [0.25, 0.3) is 0 Å². The van der Waals surface area contributed by atoms with Crippen LogP contribution in [0.3, 0.4) is 0 Å². The Morgan fingerprint density at radius 1 is 1.10 bits per heavy atom. The second kappa shape index (κ2) is 5.41. The van der Waals surface area contributed by atoms with E-state index in [9.17, 15) is 0 Å². The van der Waals surface area contributed by atoms with Gasteiger partial charge < -0.3 is 4.90 Å². The highest BCUT2D eigenvalue weighted by Gasteiger charge is 2.31. The first kappa shape index (κ1) is 13.3. The lowest BCUT2D eigenvalue weighted by Gasteiger charge is -2.35. The van der Waals surface area contributed by atoms with Crippen molar-refractivity contribution in [2.45, 2.75) is 51.0 Å². The van der Waals surface area contributed by atoms with E-state index in [0.717, 1.165) is 17.5 Å². The minimum Gasteiger partial charge on any atom is -0.340 e. The van der Waals surface area contributed by atoms with Crippen molar-refractivity contribution in [3.63, 3.8) is 0 Å². The van der Waals surface area contributed by atoms with Crippen LogP contribution in [0.1, 0.15) is 61.0 Å². The van der Waals surface area contributed by atoms with Crippen molar-refractivity contribution in [1.29, 1.82) is 0 Å². The maximum atomic E-state index is 4.82. The maximum Gasteiger partial charge on any atom is 0.205 e. The zero-order valence-corrected chi connectivity index (χ0v) is 13.3. The quantitative estimate of drug-likeness (QED) is 0.838. The van der Waals surface area contributed by atoms with Crippen LogP contribution in [-0.2, 0) is 0 Å². The van der Waals surface area contributed by atoms with Gasteiger partial charge in [-0.15, -0.1) is 0 Å². The zero-order chi connectivity index (χ0) is 14.2. The van der Waals surface area contributed by atoms with Gasteiger partial charge in [0.1, 0.15) is 5.82 Å². The molecular weight excluding hydrogens is 278 g/mol. The first-order valence-corrected chi connectivity index (χ1v) is 8.75. The molecule has 2 aromatic rings. The van der Waals surface area contributed by atoms with Gasteiger partial charge in [0.15, 0.2) is 0 Å². The van der Waals surface area contributed by atoms with E-state index in [1.807, 2.05) is 0 Å². The van der Waals surface area contributed by atoms with Crippen molar-refractivity contribution in [1.82, 2.24) is 9.36 Å². The summed E-state index contributed by atoms with van der Waals surface area (Å²) in [5.74, 6) is 1.74. The molecule has 0 N–H and O–H groups in total. The number of piperidine rings is 1. The van der Waals surface area contributed by atoms with Crippen molar-refractivity contribution in [2.24, 2.45) is 0 Å². The lowest BCUT2D eigenvalue weighted by atomic mass is 9.95. The van der Waals surface area contributed by atoms with Gasteiger partial charge in [0.2, 0.25) is 5.13 Å². The predicted octanol–water partition coefficient (Wildman–Crippen LogP) is 4.46. The summed E-state index contributed by atoms with van der Waals surface area (Å²) in [7, 11) is 0. The molecule has 1 atom stereocenters. The van der Waals surface area contributed by atoms with Gasteiger partial charge in [-0.3, -0.25) is 0 Å². The predicted molar refractivity (Wildman–Crippen MR) is 87.0 cm³/mol. The lowest BCUT2D eigenvalue weighted by Crippen LogP contribution is -2.33. The summed E-state index contributed by atoms with van der Waals surface area (Å²) >= 11 is 1.59. The highest BCUT2D eigenvalue weighted by molar-refractivity contribution is 7.09. The van der Waals surface area contributed by atoms with Gasteiger partial charge in [-0.25, -0.2) is 4.98 Å². The normalized spacial score (nSPS) is 22.5. The molecule has 1 aliphatic heterocycles. The van der Waals surface area contributed by atoms with E-state index in [1.165, 1.54) is 43.2 Å². The minimum absolute atomic E-state index is 0.472. The summed E-state index contributed by atoms with van der Waals surface area (Å²) < 4.78 is 4.58. The molecule has 0 radical (unpaired) electrons. The van der Waals surface area contributed by atoms with E-state index in [1.54, 1.807) is 11.5 Å². The van der Waals surface area contributed by atoms with Gasteiger partial charge in [-0.1, -0.05) is 29.8 Å². The molecule has 1 aromatic heterocycles. The summed E-state index contributed by atoms with van der Waals surface area (Å²) in [6, 6.07) is 9.47. The highest BCUT2D eigenvalue weighted by Crippen LogP contribution is 2.41. The molecule has 4 heteroatoms. The summed E-state index contributed by atoms with van der Waals surface area (Å²) in [4.78, 5) is 7.31. The number of anilines is 1. The van der Waals surface area contributed by atoms with E-state index in [2.05, 4.69) is 40.5 Å². The first-order chi connectivity index (χ1) is 10.3. The number of hydrogen-bond acceptors (Lipinski definition) is 4. The average molecular weight is 299 g/mol. The molecule has 21 heavy (non-hydrogen) atoms. The second-order valence-corrected chi connectivity index (χ2v) is 7.06. The molecule has 3 nitrogen and oxygen atoms in total. The van der Waals surface area contributed by atoms with Crippen LogP contribution < -0.4 is 4.90 Å². The van der Waals surface area contributed by atoms with Crippen molar-refractivity contribution in [2.75, 3.05) is 11.4 Å². The molecule has 2 heterocycles. The fourth-order valence-corrected chi connectivity index (χ4v) is 3.97. The third-order valence-electron chi connectivity index (χ3n) is 4.58. The topological polar surface area (TPSA) is 29.0 Å². The van der Waals surface area contributed by atoms with E-state index in [0.29, 0.717) is 12.0 Å². The van der Waals surface area contributed by atoms with E-state index in [4.69, 9.17) is 4.98 Å². The molecule has 4 rings (SSSR count). The number of benzene rings is 1. The third-order valence-corrected chi connectivity index (χ3v) is 5.35. The first-order valence-electron chi connectivity index (χ1n) is 7.98. The van der Waals surface area contributed by atoms with Crippen LogP contribution in [-0.4, -0.2) is 15.9 Å². The summed E-state index contributed by atoms with van der Waals surface area (Å²) in [6.07, 6.45) is 6.35. The van der Waals surface area contributed by atoms with E-state index >= 15 is 0 Å². The number of nitrogens with zero attached hydrogens (tertiary/aromatic N) is 3. The van der Waals surface area contributed by atoms with Gasteiger partial charge in [-0.05, 0) is 44.6 Å². The molecule has 2 aliphatic rings. The highest BCUT2D eigenvalue weighted by atomic mass is 32.1. The molecule has 0 spiro atoms. The third kappa shape index (κ3) is 2.69. The largest absolute Gasteiger partial charge is 0.340 e. The smallest absolute Gasteiger partial charge is 0.205 e. The Kier molecular flexibility index (Phi) is 3.42. The van der Waals surface area contributed by atoms with Crippen LogP contribution in [0.2, 0.25) is 0 Å². The van der Waals surface area contributed by atoms with Crippen LogP contribution in [0.25, 0.3) is 0 Å². The summed E-state index contributed by atoms with van der Waals surface area (Å²) in [5, 5.41) is 1.13. The van der Waals surface area contributed by atoms with Crippen molar-refractivity contribution >= 4 is 16.7 Å². The maximum absolute atomic E-state index is 4.82. The van der Waals surface area contributed by atoms with Crippen LogP contribution in [0, 0.1) is 6.92 Å². The summed E-state index contributed by atoms with van der Waals surface area (Å²) in [6.45, 7) is 3.26. The fraction of sp³-hybridized carbons (Fsp3) is 0.529. The molecule has 2 fully saturated rings. The lowest BCUT2D eigenvalue weighted by molar-refractivity contribution is 0.472. The molecule has 110 valence electrons. The van der Waals surface area contributed by atoms with Crippen molar-refractivity contribution in [3.8, 4) is 0 Å². The minimum atomic E-state index is 0.472. The number of hydrogen-bond donors (Lipinski definition) is 0. The van der Waals surface area contributed by atoms with E-state index in [-0.39, 0.29) is 0 Å². The molecule has 0 amide bonds. The fourth-order valence-electron chi connectivity index (χ4n) is 3.15. The second-order valence-electron chi connectivity index (χ2n) is 6.33. The number of rotatable bonds is 3. The molecule has 1 unspecified atom stereocenters. The zero-order valence-electron chi connectivity index (χ0n) is 12.5. The summed E-state index contributed by atoms with van der Waals surface area (Å²) in [5.41, 5.74) is 2.75. The molecule has 1 aromatic carbocycles. The molecule has 1 aliphatic carbocycles. The Balaban J connectivity index is 1.62. The van der Waals surface area contributed by atoms with Gasteiger partial charge >= 0.3 is 0 Å². The van der Waals surface area contributed by atoms with Crippen LogP contribution in [0.15, 0.2) is 24.3 Å². The molecule has 1 saturated heterocycles.